The van der Waals surface area contributed by atoms with Crippen LogP contribution in [-0.4, -0.2) is 42.2 Å². The normalized spacial score (nSPS) is 16.8. The smallest absolute Gasteiger partial charge is 0.115 e. The minimum absolute atomic E-state index is 0.345. The Bertz CT molecular complexity index is 373. The zero-order valence-corrected chi connectivity index (χ0v) is 12.1. The summed E-state index contributed by atoms with van der Waals surface area (Å²) in [6.07, 6.45) is 4.96. The van der Waals surface area contributed by atoms with Gasteiger partial charge in [0.05, 0.1) is 0 Å². The van der Waals surface area contributed by atoms with E-state index in [0.29, 0.717) is 11.8 Å². The Kier molecular flexibility index (Phi) is 5.23. The van der Waals surface area contributed by atoms with E-state index in [1.54, 1.807) is 12.1 Å². The molecule has 0 radical (unpaired) electrons. The zero-order chi connectivity index (χ0) is 13.7. The third-order valence-electron chi connectivity index (χ3n) is 3.93. The lowest BCUT2D eigenvalue weighted by molar-refractivity contribution is 0.314. The molecule has 0 spiro atoms. The monoisotopic (exact) mass is 262 g/mol. The van der Waals surface area contributed by atoms with Gasteiger partial charge in [-0.2, -0.15) is 0 Å². The van der Waals surface area contributed by atoms with Crippen molar-refractivity contribution in [1.29, 1.82) is 0 Å². The maximum atomic E-state index is 9.24. The van der Waals surface area contributed by atoms with Crippen LogP contribution in [0.3, 0.4) is 0 Å². The molecule has 2 N–H and O–H groups in total. The molecule has 0 aromatic heterocycles. The van der Waals surface area contributed by atoms with Gasteiger partial charge in [-0.25, -0.2) is 0 Å². The lowest BCUT2D eigenvalue weighted by atomic mass is 10.1. The molecule has 0 heterocycles. The topological polar surface area (TPSA) is 35.5 Å². The van der Waals surface area contributed by atoms with Gasteiger partial charge < -0.3 is 15.3 Å². The van der Waals surface area contributed by atoms with E-state index >= 15 is 0 Å². The Labute approximate surface area is 116 Å². The fraction of sp³-hybridized carbons (Fsp3) is 0.625. The van der Waals surface area contributed by atoms with Crippen LogP contribution >= 0.6 is 0 Å². The number of aryl methyl sites for hydroxylation is 1. The highest BCUT2D eigenvalue weighted by molar-refractivity contribution is 5.25. The van der Waals surface area contributed by atoms with Crippen LogP contribution in [0.5, 0.6) is 5.75 Å². The van der Waals surface area contributed by atoms with Gasteiger partial charge in [0.15, 0.2) is 0 Å². The molecule has 1 saturated carbocycles. The van der Waals surface area contributed by atoms with Crippen LogP contribution in [0.1, 0.15) is 31.7 Å². The Morgan fingerprint density at radius 1 is 1.32 bits per heavy atom. The van der Waals surface area contributed by atoms with Crippen LogP contribution in [0, 0.1) is 0 Å². The average Bonchev–Trinajstić information content (AvgIpc) is 3.22. The van der Waals surface area contributed by atoms with Crippen LogP contribution in [-0.2, 0) is 6.42 Å². The summed E-state index contributed by atoms with van der Waals surface area (Å²) < 4.78 is 0. The van der Waals surface area contributed by atoms with E-state index in [1.165, 1.54) is 18.4 Å². The highest BCUT2D eigenvalue weighted by Crippen LogP contribution is 2.24. The van der Waals surface area contributed by atoms with Crippen molar-refractivity contribution in [3.05, 3.63) is 29.8 Å². The van der Waals surface area contributed by atoms with E-state index in [2.05, 4.69) is 24.2 Å². The number of benzene rings is 1. The van der Waals surface area contributed by atoms with E-state index < -0.39 is 0 Å². The Balaban J connectivity index is 1.58. The van der Waals surface area contributed by atoms with Crippen LogP contribution in [0.4, 0.5) is 0 Å². The third-order valence-corrected chi connectivity index (χ3v) is 3.93. The van der Waals surface area contributed by atoms with Crippen LogP contribution in [0.2, 0.25) is 0 Å². The molecular weight excluding hydrogens is 236 g/mol. The summed E-state index contributed by atoms with van der Waals surface area (Å²) in [5.41, 5.74) is 1.29. The van der Waals surface area contributed by atoms with E-state index in [1.807, 2.05) is 12.1 Å². The van der Waals surface area contributed by atoms with Gasteiger partial charge in [0, 0.05) is 25.2 Å². The summed E-state index contributed by atoms with van der Waals surface area (Å²) in [6, 6.07) is 8.93. The van der Waals surface area contributed by atoms with Gasteiger partial charge in [-0.05, 0) is 57.4 Å². The molecule has 1 aliphatic rings. The van der Waals surface area contributed by atoms with Gasteiger partial charge >= 0.3 is 0 Å². The molecule has 1 aliphatic carbocycles. The maximum Gasteiger partial charge on any atom is 0.115 e. The fourth-order valence-corrected chi connectivity index (χ4v) is 2.33. The first-order chi connectivity index (χ1) is 9.15. The number of nitrogens with zero attached hydrogens (tertiary/aromatic N) is 1. The van der Waals surface area contributed by atoms with Crippen molar-refractivity contribution in [3.8, 4) is 5.75 Å². The van der Waals surface area contributed by atoms with E-state index in [-0.39, 0.29) is 0 Å². The molecule has 1 unspecified atom stereocenters. The summed E-state index contributed by atoms with van der Waals surface area (Å²) in [7, 11) is 2.22. The number of nitrogens with one attached hydrogen (secondary N) is 1. The molecule has 3 heteroatoms. The quantitative estimate of drug-likeness (QED) is 0.755. The number of hydrogen-bond donors (Lipinski definition) is 2. The SMILES string of the molecule is CC(CCc1ccc(O)cc1)NCCN(C)C1CC1. The number of phenolic OH excluding ortho intramolecular Hbond substituents is 1. The molecular formula is C16H26N2O. The Hall–Kier alpha value is -1.06. The molecule has 0 saturated heterocycles. The van der Waals surface area contributed by atoms with Crippen molar-refractivity contribution in [3.63, 3.8) is 0 Å². The van der Waals surface area contributed by atoms with Gasteiger partial charge in [0.1, 0.15) is 5.75 Å². The minimum Gasteiger partial charge on any atom is -0.508 e. The first kappa shape index (κ1) is 14.4. The summed E-state index contributed by atoms with van der Waals surface area (Å²) in [5.74, 6) is 0.345. The third kappa shape index (κ3) is 5.21. The van der Waals surface area contributed by atoms with Crippen molar-refractivity contribution in [2.75, 3.05) is 20.1 Å². The van der Waals surface area contributed by atoms with Crippen molar-refractivity contribution < 1.29 is 5.11 Å². The second kappa shape index (κ2) is 6.92. The minimum atomic E-state index is 0.345. The molecule has 1 atom stereocenters. The second-order valence-electron chi connectivity index (χ2n) is 5.77. The largest absolute Gasteiger partial charge is 0.508 e. The van der Waals surface area contributed by atoms with Gasteiger partial charge in [-0.15, -0.1) is 0 Å². The second-order valence-corrected chi connectivity index (χ2v) is 5.77. The molecule has 0 bridgehead atoms. The van der Waals surface area contributed by atoms with Crippen molar-refractivity contribution in [2.45, 2.75) is 44.7 Å². The van der Waals surface area contributed by atoms with Crippen LogP contribution in [0.15, 0.2) is 24.3 Å². The molecule has 1 aromatic rings. The zero-order valence-electron chi connectivity index (χ0n) is 12.1. The van der Waals surface area contributed by atoms with Crippen molar-refractivity contribution in [1.82, 2.24) is 10.2 Å². The summed E-state index contributed by atoms with van der Waals surface area (Å²) in [6.45, 7) is 4.47. The Morgan fingerprint density at radius 2 is 2.00 bits per heavy atom. The predicted molar refractivity (Wildman–Crippen MR) is 79.5 cm³/mol. The molecule has 19 heavy (non-hydrogen) atoms. The molecule has 3 nitrogen and oxygen atoms in total. The van der Waals surface area contributed by atoms with Crippen LogP contribution < -0.4 is 5.32 Å². The standard InChI is InChI=1S/C16H26N2O/c1-13(17-11-12-18(2)15-7-8-15)3-4-14-5-9-16(19)10-6-14/h5-6,9-10,13,15,17,19H,3-4,7-8,11-12H2,1-2H3. The number of rotatable bonds is 8. The van der Waals surface area contributed by atoms with E-state index in [0.717, 1.165) is 32.0 Å². The molecule has 1 aromatic carbocycles. The van der Waals surface area contributed by atoms with Crippen molar-refractivity contribution in [2.24, 2.45) is 0 Å². The Morgan fingerprint density at radius 3 is 2.63 bits per heavy atom. The lowest BCUT2D eigenvalue weighted by Crippen LogP contribution is -2.35. The van der Waals surface area contributed by atoms with Gasteiger partial charge in [-0.3, -0.25) is 0 Å². The number of aromatic hydroxyl groups is 1. The predicted octanol–water partition coefficient (Wildman–Crippen LogP) is 2.40. The molecule has 0 aliphatic heterocycles. The van der Waals surface area contributed by atoms with Gasteiger partial charge in [0.2, 0.25) is 0 Å². The van der Waals surface area contributed by atoms with Crippen molar-refractivity contribution >= 4 is 0 Å². The van der Waals surface area contributed by atoms with E-state index in [4.69, 9.17) is 0 Å². The van der Waals surface area contributed by atoms with E-state index in [9.17, 15) is 5.11 Å². The summed E-state index contributed by atoms with van der Waals surface area (Å²) in [5, 5.41) is 12.8. The summed E-state index contributed by atoms with van der Waals surface area (Å²) in [4.78, 5) is 2.46. The van der Waals surface area contributed by atoms with Gasteiger partial charge in [-0.1, -0.05) is 12.1 Å². The number of phenols is 1. The number of likely N-dealkylation sites (N-methyl/N-ethyl adjacent to an activating group) is 1. The maximum absolute atomic E-state index is 9.24. The van der Waals surface area contributed by atoms with Gasteiger partial charge in [0.25, 0.3) is 0 Å². The first-order valence-corrected chi connectivity index (χ1v) is 7.36. The lowest BCUT2D eigenvalue weighted by Gasteiger charge is -2.19. The summed E-state index contributed by atoms with van der Waals surface area (Å²) >= 11 is 0. The number of hydrogen-bond acceptors (Lipinski definition) is 3. The molecule has 1 fully saturated rings. The molecule has 0 amide bonds. The fourth-order valence-electron chi connectivity index (χ4n) is 2.33. The highest BCUT2D eigenvalue weighted by atomic mass is 16.3. The average molecular weight is 262 g/mol. The highest BCUT2D eigenvalue weighted by Gasteiger charge is 2.25. The first-order valence-electron chi connectivity index (χ1n) is 7.36. The molecule has 106 valence electrons. The van der Waals surface area contributed by atoms with Crippen LogP contribution in [0.25, 0.3) is 0 Å². The molecule has 2 rings (SSSR count).